The van der Waals surface area contributed by atoms with Gasteiger partial charge in [0.25, 0.3) is 0 Å². The summed E-state index contributed by atoms with van der Waals surface area (Å²) in [5, 5.41) is 14.0. The number of hydrogen-bond acceptors (Lipinski definition) is 4. The van der Waals surface area contributed by atoms with Gasteiger partial charge in [-0.15, -0.1) is 0 Å². The van der Waals surface area contributed by atoms with Gasteiger partial charge in [0.1, 0.15) is 11.8 Å². The molecule has 2 N–H and O–H groups in total. The number of aryl methyl sites for hydroxylation is 1. The molecular weight excluding hydrogens is 388 g/mol. The van der Waals surface area contributed by atoms with Crippen molar-refractivity contribution in [3.05, 3.63) is 48.0 Å². The van der Waals surface area contributed by atoms with E-state index in [-0.39, 0.29) is 0 Å². The first-order valence-electron chi connectivity index (χ1n) is 9.26. The molecule has 29 heavy (non-hydrogen) atoms. The summed E-state index contributed by atoms with van der Waals surface area (Å²) in [5.74, 6) is 0.758. The first-order valence-corrected chi connectivity index (χ1v) is 10.3. The fraction of sp³-hybridized carbons (Fsp3) is 0.286. The molecule has 0 aliphatic rings. The third-order valence-electron chi connectivity index (χ3n) is 4.88. The highest BCUT2D eigenvalue weighted by molar-refractivity contribution is 7.76. The Bertz CT molecular complexity index is 1070. The fourth-order valence-corrected chi connectivity index (χ4v) is 3.63. The van der Waals surface area contributed by atoms with E-state index >= 15 is 0 Å². The predicted molar refractivity (Wildman–Crippen MR) is 116 cm³/mol. The van der Waals surface area contributed by atoms with Crippen molar-refractivity contribution in [2.24, 2.45) is 0 Å². The molecule has 0 fully saturated rings. The summed E-state index contributed by atoms with van der Waals surface area (Å²) in [7, 11) is 3.22. The molecule has 0 amide bonds. The Morgan fingerprint density at radius 2 is 2.00 bits per heavy atom. The molecule has 1 heterocycles. The van der Waals surface area contributed by atoms with Crippen LogP contribution >= 0.6 is 0 Å². The summed E-state index contributed by atoms with van der Waals surface area (Å²) in [4.78, 5) is 0. The Kier molecular flexibility index (Phi) is 6.54. The number of ether oxygens (including phenoxy) is 1. The van der Waals surface area contributed by atoms with Crippen LogP contribution in [0.5, 0.6) is 5.75 Å². The molecule has 1 aromatic heterocycles. The van der Waals surface area contributed by atoms with E-state index in [2.05, 4.69) is 22.9 Å². The number of likely N-dealkylation sites (N-methyl/N-ethyl adjacent to an activating group) is 1. The van der Waals surface area contributed by atoms with Crippen molar-refractivity contribution in [1.29, 1.82) is 5.26 Å². The number of nitrogens with one attached hydrogen (secondary N) is 1. The van der Waals surface area contributed by atoms with Gasteiger partial charge in [0.2, 0.25) is 11.3 Å². The van der Waals surface area contributed by atoms with E-state index in [4.69, 9.17) is 9.29 Å². The van der Waals surface area contributed by atoms with Crippen LogP contribution in [0.2, 0.25) is 0 Å². The largest absolute Gasteiger partial charge is 0.497 e. The molecule has 0 saturated heterocycles. The minimum Gasteiger partial charge on any atom is -0.497 e. The Balaban J connectivity index is 1.92. The zero-order chi connectivity index (χ0) is 21.0. The number of hydrogen-bond donors (Lipinski definition) is 2. The maximum Gasteiger partial charge on any atom is 0.234 e. The van der Waals surface area contributed by atoms with Crippen molar-refractivity contribution in [3.63, 3.8) is 0 Å². The Hall–Kier alpha value is -2.86. The lowest BCUT2D eigenvalue weighted by Gasteiger charge is -2.13. The fourth-order valence-electron chi connectivity index (χ4n) is 3.38. The van der Waals surface area contributed by atoms with E-state index in [1.807, 2.05) is 42.5 Å². The number of methoxy groups -OCH3 is 1. The number of fused-ring (bicyclic) bond motifs is 1. The van der Waals surface area contributed by atoms with E-state index < -0.39 is 11.3 Å². The predicted octanol–water partition coefficient (Wildman–Crippen LogP) is 3.69. The van der Waals surface area contributed by atoms with E-state index in [1.165, 1.54) is 4.31 Å². The highest BCUT2D eigenvalue weighted by Crippen LogP contribution is 2.35. The van der Waals surface area contributed by atoms with Crippen molar-refractivity contribution in [1.82, 2.24) is 8.87 Å². The number of nitriles is 1. The Morgan fingerprint density at radius 1 is 1.28 bits per heavy atom. The normalized spacial score (nSPS) is 12.1. The van der Waals surface area contributed by atoms with Crippen LogP contribution in [0.25, 0.3) is 22.2 Å². The van der Waals surface area contributed by atoms with Crippen LogP contribution < -0.4 is 10.1 Å². The molecular formula is C21H24N4O3S. The third-order valence-corrected chi connectivity index (χ3v) is 5.60. The lowest BCUT2D eigenvalue weighted by atomic mass is 10.1. The van der Waals surface area contributed by atoms with E-state index in [9.17, 15) is 9.47 Å². The molecule has 8 heteroatoms. The maximum atomic E-state index is 11.0. The van der Waals surface area contributed by atoms with Gasteiger partial charge in [-0.05, 0) is 36.8 Å². The molecule has 152 valence electrons. The lowest BCUT2D eigenvalue weighted by Crippen LogP contribution is -2.26. The third kappa shape index (κ3) is 4.27. The van der Waals surface area contributed by atoms with E-state index in [1.54, 1.807) is 14.2 Å². The number of anilines is 1. The van der Waals surface area contributed by atoms with Gasteiger partial charge in [-0.25, -0.2) is 8.51 Å². The smallest absolute Gasteiger partial charge is 0.234 e. The summed E-state index contributed by atoms with van der Waals surface area (Å²) < 4.78 is 28.8. The molecule has 7 nitrogen and oxygen atoms in total. The van der Waals surface area contributed by atoms with E-state index in [0.29, 0.717) is 18.7 Å². The molecule has 3 rings (SSSR count). The van der Waals surface area contributed by atoms with Gasteiger partial charge >= 0.3 is 0 Å². The minimum atomic E-state index is -1.96. The van der Waals surface area contributed by atoms with Crippen molar-refractivity contribution < 1.29 is 13.5 Å². The van der Waals surface area contributed by atoms with Gasteiger partial charge in [0, 0.05) is 43.8 Å². The first-order chi connectivity index (χ1) is 14.0. The standard InChI is InChI=1S/C21H24N4O3S/c1-4-25-20-13-17(28-3)9-10-18(20)19(14-22)21(25)15-5-7-16(8-6-15)23-11-12-24(2)29(26)27/h5-10,13,23H,4,11-12H2,1-3H3,(H,26,27). The van der Waals surface area contributed by atoms with Crippen molar-refractivity contribution >= 4 is 27.9 Å². The highest BCUT2D eigenvalue weighted by atomic mass is 32.2. The van der Waals surface area contributed by atoms with Crippen LogP contribution in [0.3, 0.4) is 0 Å². The van der Waals surface area contributed by atoms with Gasteiger partial charge < -0.3 is 14.6 Å². The minimum absolute atomic E-state index is 0.440. The van der Waals surface area contributed by atoms with Gasteiger partial charge in [-0.2, -0.15) is 5.26 Å². The van der Waals surface area contributed by atoms with Crippen LogP contribution in [0.1, 0.15) is 12.5 Å². The van der Waals surface area contributed by atoms with Crippen LogP contribution in [0.4, 0.5) is 5.69 Å². The van der Waals surface area contributed by atoms with Crippen molar-refractivity contribution in [2.45, 2.75) is 13.5 Å². The van der Waals surface area contributed by atoms with Gasteiger partial charge in [0.05, 0.1) is 23.9 Å². The van der Waals surface area contributed by atoms with Crippen molar-refractivity contribution in [3.8, 4) is 23.1 Å². The average molecular weight is 413 g/mol. The van der Waals surface area contributed by atoms with Crippen LogP contribution in [0, 0.1) is 11.3 Å². The molecule has 0 radical (unpaired) electrons. The van der Waals surface area contributed by atoms with E-state index in [0.717, 1.165) is 40.1 Å². The molecule has 3 aromatic rings. The molecule has 1 atom stereocenters. The summed E-state index contributed by atoms with van der Waals surface area (Å²) in [6.45, 7) is 3.77. The summed E-state index contributed by atoms with van der Waals surface area (Å²) >= 11 is -1.96. The van der Waals surface area contributed by atoms with Crippen LogP contribution in [0.15, 0.2) is 42.5 Å². The van der Waals surface area contributed by atoms with Gasteiger partial charge in [-0.1, -0.05) is 12.1 Å². The van der Waals surface area contributed by atoms with Crippen LogP contribution in [-0.2, 0) is 17.8 Å². The maximum absolute atomic E-state index is 11.0. The van der Waals surface area contributed by atoms with Gasteiger partial charge in [-0.3, -0.25) is 4.55 Å². The molecule has 0 bridgehead atoms. The second-order valence-corrected chi connectivity index (χ2v) is 7.63. The van der Waals surface area contributed by atoms with Crippen LogP contribution in [-0.4, -0.2) is 44.9 Å². The topological polar surface area (TPSA) is 90.5 Å². The summed E-state index contributed by atoms with van der Waals surface area (Å²) in [5.41, 5.74) is 4.38. The number of rotatable bonds is 8. The molecule has 0 aliphatic heterocycles. The molecule has 2 aromatic carbocycles. The molecule has 0 aliphatic carbocycles. The second-order valence-electron chi connectivity index (χ2n) is 6.55. The Morgan fingerprint density at radius 3 is 2.59 bits per heavy atom. The average Bonchev–Trinajstić information content (AvgIpc) is 3.06. The SMILES string of the molecule is CCn1c(-c2ccc(NCCN(C)S(=O)O)cc2)c(C#N)c2ccc(OC)cc21. The molecule has 1 unspecified atom stereocenters. The quantitative estimate of drug-likeness (QED) is 0.551. The number of aromatic nitrogens is 1. The highest BCUT2D eigenvalue weighted by Gasteiger charge is 2.18. The second kappa shape index (κ2) is 9.09. The summed E-state index contributed by atoms with van der Waals surface area (Å²) in [6, 6.07) is 16.0. The monoisotopic (exact) mass is 412 g/mol. The lowest BCUT2D eigenvalue weighted by molar-refractivity contribution is 0.415. The zero-order valence-electron chi connectivity index (χ0n) is 16.7. The molecule has 0 saturated carbocycles. The number of benzene rings is 2. The summed E-state index contributed by atoms with van der Waals surface area (Å²) in [6.07, 6.45) is 0. The van der Waals surface area contributed by atoms with Gasteiger partial charge in [0.15, 0.2) is 0 Å². The zero-order valence-corrected chi connectivity index (χ0v) is 17.5. The molecule has 0 spiro atoms. The number of nitrogens with zero attached hydrogens (tertiary/aromatic N) is 3. The Labute approximate surface area is 172 Å². The van der Waals surface area contributed by atoms with Crippen molar-refractivity contribution in [2.75, 3.05) is 32.6 Å². The first kappa shape index (κ1) is 20.9.